The SMILES string of the molecule is O=C(c1ccc(Br)cc1Br)N1CCCC1CCCO. The molecule has 0 aliphatic carbocycles. The fraction of sp³-hybridized carbons (Fsp3) is 0.500. The number of hydrogen-bond acceptors (Lipinski definition) is 2. The number of amides is 1. The first-order valence-electron chi connectivity index (χ1n) is 6.50. The van der Waals surface area contributed by atoms with Gasteiger partial charge in [0.25, 0.3) is 5.91 Å². The van der Waals surface area contributed by atoms with Crippen molar-refractivity contribution in [1.82, 2.24) is 4.90 Å². The summed E-state index contributed by atoms with van der Waals surface area (Å²) in [6.45, 7) is 1.01. The highest BCUT2D eigenvalue weighted by Gasteiger charge is 2.29. The Labute approximate surface area is 130 Å². The Morgan fingerprint density at radius 1 is 1.42 bits per heavy atom. The van der Waals surface area contributed by atoms with Crippen LogP contribution in [-0.4, -0.2) is 35.1 Å². The van der Waals surface area contributed by atoms with Crippen LogP contribution in [0.2, 0.25) is 0 Å². The summed E-state index contributed by atoms with van der Waals surface area (Å²) in [6, 6.07) is 5.90. The van der Waals surface area contributed by atoms with Gasteiger partial charge in [-0.25, -0.2) is 0 Å². The summed E-state index contributed by atoms with van der Waals surface area (Å²) in [5.74, 6) is 0.0832. The molecule has 0 radical (unpaired) electrons. The first-order valence-corrected chi connectivity index (χ1v) is 8.09. The third kappa shape index (κ3) is 3.58. The molecule has 1 fully saturated rings. The quantitative estimate of drug-likeness (QED) is 0.853. The second-order valence-corrected chi connectivity index (χ2v) is 6.55. The first kappa shape index (κ1) is 15.0. The second kappa shape index (κ2) is 6.86. The lowest BCUT2D eigenvalue weighted by Crippen LogP contribution is -2.35. The summed E-state index contributed by atoms with van der Waals surface area (Å²) in [4.78, 5) is 14.5. The molecule has 1 saturated heterocycles. The van der Waals surface area contributed by atoms with Gasteiger partial charge in [0.2, 0.25) is 0 Å². The normalized spacial score (nSPS) is 18.9. The molecule has 1 aliphatic heterocycles. The Morgan fingerprint density at radius 3 is 2.89 bits per heavy atom. The number of rotatable bonds is 4. The highest BCUT2D eigenvalue weighted by Crippen LogP contribution is 2.28. The van der Waals surface area contributed by atoms with Crippen molar-refractivity contribution in [2.75, 3.05) is 13.2 Å². The number of aliphatic hydroxyl groups excluding tert-OH is 1. The zero-order chi connectivity index (χ0) is 13.8. The van der Waals surface area contributed by atoms with Gasteiger partial charge in [-0.1, -0.05) is 15.9 Å². The van der Waals surface area contributed by atoms with E-state index in [-0.39, 0.29) is 18.6 Å². The van der Waals surface area contributed by atoms with Crippen molar-refractivity contribution in [3.8, 4) is 0 Å². The van der Waals surface area contributed by atoms with Gasteiger partial charge in [-0.3, -0.25) is 4.79 Å². The molecule has 1 aromatic rings. The van der Waals surface area contributed by atoms with Gasteiger partial charge in [0.05, 0.1) is 5.56 Å². The van der Waals surface area contributed by atoms with Crippen molar-refractivity contribution >= 4 is 37.8 Å². The Morgan fingerprint density at radius 2 is 2.21 bits per heavy atom. The number of carbonyl (C=O) groups excluding carboxylic acids is 1. The molecule has 0 bridgehead atoms. The molecule has 1 aromatic carbocycles. The Kier molecular flexibility index (Phi) is 5.42. The Balaban J connectivity index is 2.13. The molecule has 5 heteroatoms. The number of likely N-dealkylation sites (tertiary alicyclic amines) is 1. The van der Waals surface area contributed by atoms with E-state index in [1.807, 2.05) is 23.1 Å². The first-order chi connectivity index (χ1) is 9.13. The summed E-state index contributed by atoms with van der Waals surface area (Å²) in [7, 11) is 0. The van der Waals surface area contributed by atoms with Gasteiger partial charge in [0.1, 0.15) is 0 Å². The van der Waals surface area contributed by atoms with Crippen molar-refractivity contribution in [3.63, 3.8) is 0 Å². The van der Waals surface area contributed by atoms with Crippen LogP contribution < -0.4 is 0 Å². The minimum Gasteiger partial charge on any atom is -0.396 e. The zero-order valence-corrected chi connectivity index (χ0v) is 13.8. The Bertz CT molecular complexity index is 465. The fourth-order valence-corrected chi connectivity index (χ4v) is 3.76. The van der Waals surface area contributed by atoms with E-state index >= 15 is 0 Å². The molecule has 1 amide bonds. The lowest BCUT2D eigenvalue weighted by Gasteiger charge is -2.25. The summed E-state index contributed by atoms with van der Waals surface area (Å²) < 4.78 is 1.77. The van der Waals surface area contributed by atoms with Gasteiger partial charge in [-0.2, -0.15) is 0 Å². The van der Waals surface area contributed by atoms with Crippen LogP contribution in [0.25, 0.3) is 0 Å². The molecular formula is C14H17Br2NO2. The maximum Gasteiger partial charge on any atom is 0.255 e. The van der Waals surface area contributed by atoms with Crippen LogP contribution in [0, 0.1) is 0 Å². The summed E-state index contributed by atoms with van der Waals surface area (Å²) >= 11 is 6.84. The van der Waals surface area contributed by atoms with Crippen LogP contribution >= 0.6 is 31.9 Å². The lowest BCUT2D eigenvalue weighted by atomic mass is 10.1. The molecular weight excluding hydrogens is 374 g/mol. The Hall–Kier alpha value is -0.390. The molecule has 0 saturated carbocycles. The van der Waals surface area contributed by atoms with Gasteiger partial charge in [-0.05, 0) is 59.8 Å². The van der Waals surface area contributed by atoms with Gasteiger partial charge in [0, 0.05) is 28.1 Å². The zero-order valence-electron chi connectivity index (χ0n) is 10.6. The summed E-state index contributed by atoms with van der Waals surface area (Å²) in [5, 5.41) is 8.93. The van der Waals surface area contributed by atoms with Gasteiger partial charge in [0.15, 0.2) is 0 Å². The smallest absolute Gasteiger partial charge is 0.255 e. The average molecular weight is 391 g/mol. The predicted octanol–water partition coefficient (Wildman–Crippen LogP) is 3.59. The molecule has 1 heterocycles. The number of benzene rings is 1. The fourth-order valence-electron chi connectivity index (χ4n) is 2.55. The highest BCUT2D eigenvalue weighted by atomic mass is 79.9. The molecule has 1 unspecified atom stereocenters. The van der Waals surface area contributed by atoms with Crippen LogP contribution in [0.5, 0.6) is 0 Å². The monoisotopic (exact) mass is 389 g/mol. The summed E-state index contributed by atoms with van der Waals surface area (Å²) in [6.07, 6.45) is 3.74. The van der Waals surface area contributed by atoms with Crippen LogP contribution in [0.15, 0.2) is 27.1 Å². The van der Waals surface area contributed by atoms with Crippen molar-refractivity contribution in [3.05, 3.63) is 32.7 Å². The number of hydrogen-bond donors (Lipinski definition) is 1. The molecule has 3 nitrogen and oxygen atoms in total. The van der Waals surface area contributed by atoms with Crippen molar-refractivity contribution in [1.29, 1.82) is 0 Å². The predicted molar refractivity (Wildman–Crippen MR) is 82.2 cm³/mol. The maximum atomic E-state index is 12.6. The second-order valence-electron chi connectivity index (χ2n) is 4.78. The van der Waals surface area contributed by atoms with E-state index in [1.165, 1.54) is 0 Å². The van der Waals surface area contributed by atoms with E-state index in [2.05, 4.69) is 31.9 Å². The highest BCUT2D eigenvalue weighted by molar-refractivity contribution is 9.11. The average Bonchev–Trinajstić information content (AvgIpc) is 2.83. The van der Waals surface area contributed by atoms with E-state index < -0.39 is 0 Å². The topological polar surface area (TPSA) is 40.5 Å². The number of aliphatic hydroxyl groups is 1. The van der Waals surface area contributed by atoms with Gasteiger partial charge in [-0.15, -0.1) is 0 Å². The van der Waals surface area contributed by atoms with Crippen LogP contribution in [0.4, 0.5) is 0 Å². The molecule has 104 valence electrons. The third-order valence-electron chi connectivity index (χ3n) is 3.50. The number of nitrogens with zero attached hydrogens (tertiary/aromatic N) is 1. The molecule has 2 rings (SSSR count). The van der Waals surface area contributed by atoms with E-state index in [0.29, 0.717) is 5.56 Å². The van der Waals surface area contributed by atoms with E-state index in [0.717, 1.165) is 41.2 Å². The van der Waals surface area contributed by atoms with Crippen molar-refractivity contribution < 1.29 is 9.90 Å². The number of carbonyl (C=O) groups is 1. The molecule has 1 atom stereocenters. The molecule has 0 spiro atoms. The van der Waals surface area contributed by atoms with E-state index in [4.69, 9.17) is 5.11 Å². The molecule has 0 aromatic heterocycles. The van der Waals surface area contributed by atoms with Crippen LogP contribution in [0.3, 0.4) is 0 Å². The van der Waals surface area contributed by atoms with E-state index in [9.17, 15) is 4.79 Å². The van der Waals surface area contributed by atoms with Crippen LogP contribution in [0.1, 0.15) is 36.0 Å². The maximum absolute atomic E-state index is 12.6. The largest absolute Gasteiger partial charge is 0.396 e. The van der Waals surface area contributed by atoms with Crippen molar-refractivity contribution in [2.45, 2.75) is 31.7 Å². The van der Waals surface area contributed by atoms with E-state index in [1.54, 1.807) is 0 Å². The minimum atomic E-state index is 0.0832. The molecule has 19 heavy (non-hydrogen) atoms. The minimum absolute atomic E-state index is 0.0832. The van der Waals surface area contributed by atoms with Crippen LogP contribution in [-0.2, 0) is 0 Å². The number of halogens is 2. The van der Waals surface area contributed by atoms with Gasteiger partial charge >= 0.3 is 0 Å². The third-order valence-corrected chi connectivity index (χ3v) is 4.64. The molecule has 1 N–H and O–H groups in total. The summed E-state index contributed by atoms with van der Waals surface area (Å²) in [5.41, 5.74) is 0.707. The molecule has 1 aliphatic rings. The van der Waals surface area contributed by atoms with Crippen molar-refractivity contribution in [2.24, 2.45) is 0 Å². The lowest BCUT2D eigenvalue weighted by molar-refractivity contribution is 0.0723. The standard InChI is InChI=1S/C14H17Br2NO2/c15-10-5-6-12(13(16)9-10)14(19)17-7-1-3-11(17)4-2-8-18/h5-6,9,11,18H,1-4,7-8H2. The van der Waals surface area contributed by atoms with Gasteiger partial charge < -0.3 is 10.0 Å².